The SMILES string of the molecule is CC(Cc1c[nH]c2ccccc12)(NC(=O)OC1C2CC3CC(C2)CC1C3)C(=O)NCC(CSCC(=O)O)c1ccccc1. The summed E-state index contributed by atoms with van der Waals surface area (Å²) in [5.41, 5.74) is 1.65. The van der Waals surface area contributed by atoms with Crippen LogP contribution in [0, 0.1) is 23.7 Å². The lowest BCUT2D eigenvalue weighted by Crippen LogP contribution is -2.60. The van der Waals surface area contributed by atoms with Crippen molar-refractivity contribution in [2.24, 2.45) is 23.7 Å². The van der Waals surface area contributed by atoms with Crippen molar-refractivity contribution in [2.45, 2.75) is 63.0 Å². The van der Waals surface area contributed by atoms with Gasteiger partial charge in [0.05, 0.1) is 5.75 Å². The Bertz CT molecular complexity index is 1430. The van der Waals surface area contributed by atoms with Gasteiger partial charge in [0.25, 0.3) is 0 Å². The number of fused-ring (bicyclic) bond motifs is 1. The zero-order chi connectivity index (χ0) is 30.0. The topological polar surface area (TPSA) is 121 Å². The second-order valence-electron chi connectivity index (χ2n) is 13.0. The van der Waals surface area contributed by atoms with E-state index in [9.17, 15) is 14.4 Å². The highest BCUT2D eigenvalue weighted by Gasteiger charge is 2.50. The Morgan fingerprint density at radius 2 is 1.67 bits per heavy atom. The number of hydrogen-bond acceptors (Lipinski definition) is 5. The van der Waals surface area contributed by atoms with Gasteiger partial charge < -0.3 is 25.5 Å². The van der Waals surface area contributed by atoms with E-state index in [4.69, 9.17) is 9.84 Å². The molecule has 9 heteroatoms. The molecule has 2 atom stereocenters. The zero-order valence-corrected chi connectivity index (χ0v) is 25.4. The van der Waals surface area contributed by atoms with E-state index in [1.54, 1.807) is 6.92 Å². The number of amides is 2. The average molecular weight is 604 g/mol. The molecular formula is C34H41N3O5S. The number of alkyl carbamates (subject to hydrolysis) is 1. The van der Waals surface area contributed by atoms with E-state index in [0.29, 0.717) is 24.1 Å². The maximum atomic E-state index is 14.0. The fraction of sp³-hybridized carbons (Fsp3) is 0.500. The van der Waals surface area contributed by atoms with E-state index in [1.165, 1.54) is 18.2 Å². The number of hydrogen-bond donors (Lipinski definition) is 4. The van der Waals surface area contributed by atoms with Gasteiger partial charge in [0.1, 0.15) is 11.6 Å². The van der Waals surface area contributed by atoms with Crippen molar-refractivity contribution < 1.29 is 24.2 Å². The molecule has 4 aliphatic carbocycles. The van der Waals surface area contributed by atoms with Crippen LogP contribution in [-0.4, -0.2) is 57.8 Å². The monoisotopic (exact) mass is 603 g/mol. The van der Waals surface area contributed by atoms with E-state index >= 15 is 0 Å². The molecule has 2 aromatic carbocycles. The van der Waals surface area contributed by atoms with Gasteiger partial charge in [-0.1, -0.05) is 48.5 Å². The molecule has 4 N–H and O–H groups in total. The molecule has 0 radical (unpaired) electrons. The fourth-order valence-electron chi connectivity index (χ4n) is 7.98. The van der Waals surface area contributed by atoms with Crippen molar-refractivity contribution in [2.75, 3.05) is 18.1 Å². The molecule has 4 bridgehead atoms. The highest BCUT2D eigenvalue weighted by atomic mass is 32.2. The first-order chi connectivity index (χ1) is 20.8. The third kappa shape index (κ3) is 6.71. The molecule has 8 nitrogen and oxygen atoms in total. The Hall–Kier alpha value is -3.46. The number of carbonyl (C=O) groups excluding carboxylic acids is 2. The maximum Gasteiger partial charge on any atom is 0.408 e. The highest BCUT2D eigenvalue weighted by molar-refractivity contribution is 7.99. The van der Waals surface area contributed by atoms with Crippen LogP contribution in [0.2, 0.25) is 0 Å². The van der Waals surface area contributed by atoms with Crippen LogP contribution in [0.3, 0.4) is 0 Å². The minimum absolute atomic E-state index is 0.00635. The summed E-state index contributed by atoms with van der Waals surface area (Å²) >= 11 is 1.33. The van der Waals surface area contributed by atoms with Crippen LogP contribution in [0.4, 0.5) is 4.79 Å². The van der Waals surface area contributed by atoms with E-state index in [-0.39, 0.29) is 30.1 Å². The normalized spacial score (nSPS) is 26.0. The van der Waals surface area contributed by atoms with E-state index in [1.807, 2.05) is 60.8 Å². The molecule has 3 aromatic rings. The largest absolute Gasteiger partial charge is 0.481 e. The minimum atomic E-state index is -1.27. The Morgan fingerprint density at radius 3 is 2.37 bits per heavy atom. The number of para-hydroxylation sites is 1. The lowest BCUT2D eigenvalue weighted by atomic mass is 9.55. The van der Waals surface area contributed by atoms with E-state index < -0.39 is 17.6 Å². The van der Waals surface area contributed by atoms with Gasteiger partial charge in [-0.2, -0.15) is 0 Å². The molecule has 43 heavy (non-hydrogen) atoms. The second-order valence-corrected chi connectivity index (χ2v) is 14.1. The Kier molecular flexibility index (Phi) is 8.71. The van der Waals surface area contributed by atoms with E-state index in [0.717, 1.165) is 59.5 Å². The number of H-pyrrole nitrogens is 1. The first-order valence-electron chi connectivity index (χ1n) is 15.4. The molecule has 2 unspecified atom stereocenters. The number of carboxylic acids is 1. The Balaban J connectivity index is 1.19. The maximum absolute atomic E-state index is 14.0. The van der Waals surface area contributed by atoms with Gasteiger partial charge in [0.15, 0.2) is 0 Å². The zero-order valence-electron chi connectivity index (χ0n) is 24.6. The number of aromatic amines is 1. The van der Waals surface area contributed by atoms with Crippen LogP contribution in [0.25, 0.3) is 10.9 Å². The Morgan fingerprint density at radius 1 is 1.00 bits per heavy atom. The number of thioether (sulfide) groups is 1. The summed E-state index contributed by atoms with van der Waals surface area (Å²) in [6, 6.07) is 17.7. The molecule has 4 fully saturated rings. The third-order valence-corrected chi connectivity index (χ3v) is 10.9. The molecule has 0 saturated heterocycles. The molecule has 0 spiro atoms. The van der Waals surface area contributed by atoms with Crippen LogP contribution in [0.15, 0.2) is 60.8 Å². The van der Waals surface area contributed by atoms with Gasteiger partial charge in [-0.25, -0.2) is 4.79 Å². The van der Waals surface area contributed by atoms with Gasteiger partial charge >= 0.3 is 12.1 Å². The molecule has 1 heterocycles. The molecule has 4 saturated carbocycles. The lowest BCUT2D eigenvalue weighted by Gasteiger charge is -2.53. The van der Waals surface area contributed by atoms with Crippen LogP contribution in [-0.2, 0) is 20.7 Å². The summed E-state index contributed by atoms with van der Waals surface area (Å²) in [4.78, 5) is 42.0. The first kappa shape index (κ1) is 29.6. The number of aromatic nitrogens is 1. The summed E-state index contributed by atoms with van der Waals surface area (Å²) in [7, 11) is 0. The third-order valence-electron chi connectivity index (χ3n) is 9.81. The Labute approximate surface area is 256 Å². The second kappa shape index (κ2) is 12.6. The molecule has 228 valence electrons. The number of carbonyl (C=O) groups is 3. The molecule has 1 aromatic heterocycles. The minimum Gasteiger partial charge on any atom is -0.481 e. The lowest BCUT2D eigenvalue weighted by molar-refractivity contribution is -0.134. The molecular weight excluding hydrogens is 562 g/mol. The van der Waals surface area contributed by atoms with Crippen LogP contribution >= 0.6 is 11.8 Å². The number of aliphatic carboxylic acids is 1. The first-order valence-corrected chi connectivity index (χ1v) is 16.6. The summed E-state index contributed by atoms with van der Waals surface area (Å²) in [5.74, 6) is 1.66. The van der Waals surface area contributed by atoms with Crippen molar-refractivity contribution in [3.63, 3.8) is 0 Å². The number of ether oxygens (including phenoxy) is 1. The van der Waals surface area contributed by atoms with Gasteiger partial charge in [-0.3, -0.25) is 9.59 Å². The highest BCUT2D eigenvalue weighted by Crippen LogP contribution is 2.54. The molecule has 7 rings (SSSR count). The quantitative estimate of drug-likeness (QED) is 0.210. The number of benzene rings is 2. The number of rotatable bonds is 12. The number of carboxylic acid groups (broad SMARTS) is 1. The van der Waals surface area contributed by atoms with Gasteiger partial charge in [0, 0.05) is 41.7 Å². The van der Waals surface area contributed by atoms with Crippen molar-refractivity contribution in [1.82, 2.24) is 15.6 Å². The van der Waals surface area contributed by atoms with Crippen molar-refractivity contribution >= 4 is 40.6 Å². The van der Waals surface area contributed by atoms with Crippen molar-refractivity contribution in [3.8, 4) is 0 Å². The van der Waals surface area contributed by atoms with Gasteiger partial charge in [0.2, 0.25) is 5.91 Å². The standard InChI is InChI=1S/C34H41N3O5S/c1-34(16-26-17-35-29-10-6-5-9-28(26)29,37-33(41)42-31-24-12-21-11-22(14-24)15-25(31)13-21)32(40)36-18-27(19-43-20-30(38)39)23-7-3-2-4-8-23/h2-10,17,21-22,24-25,27,31,35H,11-16,18-20H2,1H3,(H,36,40)(H,37,41)(H,38,39). The summed E-state index contributed by atoms with van der Waals surface area (Å²) in [5, 5.41) is 16.3. The molecule has 4 aliphatic rings. The van der Waals surface area contributed by atoms with Gasteiger partial charge in [-0.05, 0) is 79.9 Å². The van der Waals surface area contributed by atoms with Crippen molar-refractivity contribution in [1.29, 1.82) is 0 Å². The number of nitrogens with one attached hydrogen (secondary N) is 3. The smallest absolute Gasteiger partial charge is 0.408 e. The molecule has 0 aliphatic heterocycles. The molecule has 2 amide bonds. The summed E-state index contributed by atoms with van der Waals surface area (Å²) < 4.78 is 6.15. The van der Waals surface area contributed by atoms with E-state index in [2.05, 4.69) is 15.6 Å². The predicted octanol–water partition coefficient (Wildman–Crippen LogP) is 5.74. The predicted molar refractivity (Wildman–Crippen MR) is 168 cm³/mol. The van der Waals surface area contributed by atoms with Crippen LogP contribution < -0.4 is 10.6 Å². The summed E-state index contributed by atoms with van der Waals surface area (Å²) in [6.45, 7) is 2.07. The van der Waals surface area contributed by atoms with Crippen LogP contribution in [0.5, 0.6) is 0 Å². The average Bonchev–Trinajstić information content (AvgIpc) is 3.38. The fourth-order valence-corrected chi connectivity index (χ4v) is 8.87. The van der Waals surface area contributed by atoms with Gasteiger partial charge in [-0.15, -0.1) is 11.8 Å². The summed E-state index contributed by atoms with van der Waals surface area (Å²) in [6.07, 6.45) is 7.44. The van der Waals surface area contributed by atoms with Crippen LogP contribution in [0.1, 0.15) is 56.1 Å². The van der Waals surface area contributed by atoms with Crippen molar-refractivity contribution in [3.05, 3.63) is 71.9 Å².